The molecule has 4 heteroatoms. The topological polar surface area (TPSA) is 53.0 Å². The summed E-state index contributed by atoms with van der Waals surface area (Å²) in [6.07, 6.45) is 2.13. The van der Waals surface area contributed by atoms with E-state index in [1.54, 1.807) is 29.6 Å². The first-order chi connectivity index (χ1) is 4.22. The Hall–Kier alpha value is -0.390. The number of aldehydes is 1. The van der Waals surface area contributed by atoms with Crippen molar-refractivity contribution in [3.05, 3.63) is 11.8 Å². The second-order valence-corrected chi connectivity index (χ2v) is 2.40. The van der Waals surface area contributed by atoms with Gasteiger partial charge in [0.05, 0.1) is 5.57 Å². The number of carbonyl (C=O) groups excluding carboxylic acids is 1. The highest BCUT2D eigenvalue weighted by Gasteiger charge is 1.95. The summed E-state index contributed by atoms with van der Waals surface area (Å²) in [6, 6.07) is 0. The Morgan fingerprint density at radius 2 is 2.33 bits per heavy atom. The van der Waals surface area contributed by atoms with Gasteiger partial charge in [-0.15, -0.1) is 0 Å². The van der Waals surface area contributed by atoms with Crippen molar-refractivity contribution in [3.63, 3.8) is 0 Å². The third kappa shape index (κ3) is 3.23. The number of hydrogen-bond acceptors (Lipinski definition) is 3. The van der Waals surface area contributed by atoms with Crippen LogP contribution in [0.2, 0.25) is 0 Å². The van der Waals surface area contributed by atoms with Gasteiger partial charge in [-0.25, -0.2) is 0 Å². The van der Waals surface area contributed by atoms with Crippen molar-refractivity contribution in [2.45, 2.75) is 0 Å². The molecule has 0 aliphatic carbocycles. The smallest absolute Gasteiger partial charge is 0.154 e. The molecule has 0 radical (unpaired) electrons. The molecule has 50 valence electrons. The highest BCUT2D eigenvalue weighted by Crippen LogP contribution is 1.97. The predicted molar refractivity (Wildman–Crippen MR) is 45.0 cm³/mol. The number of carbonyl (C=O) groups is 1. The number of nitrogens with one attached hydrogen (secondary N) is 2. The standard InChI is InChI=1S/C5H7IN2O/c1-8-2-4(3-9)5(6)7/h2-3,7-8H,1H3/b4-2-,7-5?. The Kier molecular flexibility index (Phi) is 4.29. The first kappa shape index (κ1) is 8.61. The minimum absolute atomic E-state index is 0.247. The number of halogens is 1. The lowest BCUT2D eigenvalue weighted by molar-refractivity contribution is -0.104. The fourth-order valence-corrected chi connectivity index (χ4v) is 0.587. The van der Waals surface area contributed by atoms with E-state index >= 15 is 0 Å². The highest BCUT2D eigenvalue weighted by molar-refractivity contribution is 14.1. The van der Waals surface area contributed by atoms with E-state index in [-0.39, 0.29) is 3.72 Å². The zero-order valence-corrected chi connectivity index (χ0v) is 7.10. The Morgan fingerprint density at radius 3 is 2.44 bits per heavy atom. The molecule has 0 bridgehead atoms. The van der Waals surface area contributed by atoms with Crippen LogP contribution in [0.25, 0.3) is 0 Å². The Balaban J connectivity index is 4.14. The molecule has 0 rings (SSSR count). The second kappa shape index (κ2) is 4.49. The monoisotopic (exact) mass is 238 g/mol. The fraction of sp³-hybridized carbons (Fsp3) is 0.200. The summed E-state index contributed by atoms with van der Waals surface area (Å²) >= 11 is 1.77. The van der Waals surface area contributed by atoms with Crippen LogP contribution in [0.3, 0.4) is 0 Å². The van der Waals surface area contributed by atoms with Crippen molar-refractivity contribution >= 4 is 32.6 Å². The van der Waals surface area contributed by atoms with Crippen molar-refractivity contribution in [2.75, 3.05) is 7.05 Å². The molecule has 0 saturated carbocycles. The molecule has 2 N–H and O–H groups in total. The van der Waals surface area contributed by atoms with Gasteiger partial charge < -0.3 is 5.32 Å². The second-order valence-electron chi connectivity index (χ2n) is 1.32. The molecule has 9 heavy (non-hydrogen) atoms. The van der Waals surface area contributed by atoms with Crippen molar-refractivity contribution in [3.8, 4) is 0 Å². The normalized spacial score (nSPS) is 10.7. The summed E-state index contributed by atoms with van der Waals surface area (Å²) in [6.45, 7) is 0. The molecule has 0 amide bonds. The third-order valence-electron chi connectivity index (χ3n) is 0.680. The molecule has 3 nitrogen and oxygen atoms in total. The van der Waals surface area contributed by atoms with E-state index in [1.165, 1.54) is 6.20 Å². The molecule has 0 unspecified atom stereocenters. The minimum atomic E-state index is 0.247. The first-order valence-electron chi connectivity index (χ1n) is 2.29. The summed E-state index contributed by atoms with van der Waals surface area (Å²) in [5, 5.41) is 9.66. The van der Waals surface area contributed by atoms with Gasteiger partial charge in [0.1, 0.15) is 3.72 Å². The van der Waals surface area contributed by atoms with Gasteiger partial charge in [-0.2, -0.15) is 0 Å². The molecular formula is C5H7IN2O. The maximum Gasteiger partial charge on any atom is 0.154 e. The van der Waals surface area contributed by atoms with Crippen LogP contribution in [0.4, 0.5) is 0 Å². The van der Waals surface area contributed by atoms with E-state index in [0.717, 1.165) is 0 Å². The number of rotatable bonds is 3. The van der Waals surface area contributed by atoms with Crippen LogP contribution in [-0.2, 0) is 4.79 Å². The molecule has 0 aliphatic heterocycles. The molecule has 0 atom stereocenters. The average molecular weight is 238 g/mol. The van der Waals surface area contributed by atoms with Crippen LogP contribution in [-0.4, -0.2) is 17.1 Å². The van der Waals surface area contributed by atoms with Crippen molar-refractivity contribution in [1.82, 2.24) is 5.32 Å². The molecule has 0 aromatic heterocycles. The zero-order chi connectivity index (χ0) is 7.28. The number of allylic oxidation sites excluding steroid dienone is 1. The van der Waals surface area contributed by atoms with E-state index in [2.05, 4.69) is 5.32 Å². The van der Waals surface area contributed by atoms with Gasteiger partial charge in [0.15, 0.2) is 6.29 Å². The largest absolute Gasteiger partial charge is 0.393 e. The summed E-state index contributed by atoms with van der Waals surface area (Å²) < 4.78 is 0.247. The van der Waals surface area contributed by atoms with Crippen LogP contribution < -0.4 is 5.32 Å². The predicted octanol–water partition coefficient (Wildman–Crippen LogP) is 0.701. The SMILES string of the molecule is CN/C=C(/C=O)C(=N)I. The van der Waals surface area contributed by atoms with Gasteiger partial charge in [-0.1, -0.05) is 0 Å². The first-order valence-corrected chi connectivity index (χ1v) is 3.37. The van der Waals surface area contributed by atoms with Crippen LogP contribution in [0, 0.1) is 5.41 Å². The molecule has 0 aromatic rings. The quantitative estimate of drug-likeness (QED) is 0.329. The van der Waals surface area contributed by atoms with Gasteiger partial charge in [0, 0.05) is 13.2 Å². The molecule has 0 fully saturated rings. The highest BCUT2D eigenvalue weighted by atomic mass is 127. The Labute approximate surface area is 67.2 Å². The van der Waals surface area contributed by atoms with Crippen molar-refractivity contribution in [2.24, 2.45) is 0 Å². The van der Waals surface area contributed by atoms with Crippen molar-refractivity contribution < 1.29 is 4.79 Å². The number of hydrogen-bond donors (Lipinski definition) is 2. The van der Waals surface area contributed by atoms with Gasteiger partial charge in [-0.3, -0.25) is 10.2 Å². The van der Waals surface area contributed by atoms with E-state index < -0.39 is 0 Å². The van der Waals surface area contributed by atoms with E-state index in [1.807, 2.05) is 0 Å². The zero-order valence-electron chi connectivity index (χ0n) is 4.94. The maximum atomic E-state index is 10.1. The summed E-state index contributed by atoms with van der Waals surface area (Å²) in [5.41, 5.74) is 0.373. The van der Waals surface area contributed by atoms with E-state index in [0.29, 0.717) is 11.9 Å². The molecule has 0 aliphatic rings. The van der Waals surface area contributed by atoms with Gasteiger partial charge in [-0.05, 0) is 22.6 Å². The van der Waals surface area contributed by atoms with Gasteiger partial charge in [0.25, 0.3) is 0 Å². The molecule has 0 heterocycles. The van der Waals surface area contributed by atoms with E-state index in [4.69, 9.17) is 5.41 Å². The Bertz CT molecular complexity index is 153. The van der Waals surface area contributed by atoms with Crippen LogP contribution in [0.1, 0.15) is 0 Å². The van der Waals surface area contributed by atoms with E-state index in [9.17, 15) is 4.79 Å². The van der Waals surface area contributed by atoms with Gasteiger partial charge in [0.2, 0.25) is 0 Å². The van der Waals surface area contributed by atoms with Crippen molar-refractivity contribution in [1.29, 1.82) is 5.41 Å². The maximum absolute atomic E-state index is 10.1. The minimum Gasteiger partial charge on any atom is -0.393 e. The third-order valence-corrected chi connectivity index (χ3v) is 1.30. The summed E-state index contributed by atoms with van der Waals surface area (Å²) in [5.74, 6) is 0. The van der Waals surface area contributed by atoms with Gasteiger partial charge >= 0.3 is 0 Å². The molecule has 0 spiro atoms. The summed E-state index contributed by atoms with van der Waals surface area (Å²) in [7, 11) is 1.68. The average Bonchev–Trinajstić information content (AvgIpc) is 1.82. The van der Waals surface area contributed by atoms with Crippen LogP contribution in [0.15, 0.2) is 11.8 Å². The van der Waals surface area contributed by atoms with Crippen LogP contribution >= 0.6 is 22.6 Å². The fourth-order valence-electron chi connectivity index (χ4n) is 0.305. The lowest BCUT2D eigenvalue weighted by Crippen LogP contribution is -2.01. The van der Waals surface area contributed by atoms with Crippen LogP contribution in [0.5, 0.6) is 0 Å². The Morgan fingerprint density at radius 1 is 1.78 bits per heavy atom. The lowest BCUT2D eigenvalue weighted by atomic mass is 10.3. The lowest BCUT2D eigenvalue weighted by Gasteiger charge is -1.91. The molecule has 0 saturated heterocycles. The molecule has 0 aromatic carbocycles. The molecular weight excluding hydrogens is 231 g/mol. The summed E-state index contributed by atoms with van der Waals surface area (Å²) in [4.78, 5) is 10.1.